The molecule has 2 fully saturated rings. The van der Waals surface area contributed by atoms with E-state index in [4.69, 9.17) is 14.5 Å². The van der Waals surface area contributed by atoms with E-state index in [2.05, 4.69) is 21.0 Å². The third-order valence-electron chi connectivity index (χ3n) is 6.79. The topological polar surface area (TPSA) is 68.2 Å². The van der Waals surface area contributed by atoms with E-state index in [-0.39, 0.29) is 5.60 Å². The Bertz CT molecular complexity index is 980. The molecule has 154 valence electrons. The van der Waals surface area contributed by atoms with Crippen LogP contribution in [0.25, 0.3) is 22.2 Å². The molecule has 7 nitrogen and oxygen atoms in total. The fourth-order valence-electron chi connectivity index (χ4n) is 5.04. The number of nitrogens with zero attached hydrogens (tertiary/aromatic N) is 4. The molecule has 0 unspecified atom stereocenters. The van der Waals surface area contributed by atoms with Crippen LogP contribution in [0.1, 0.15) is 31.2 Å². The van der Waals surface area contributed by atoms with Crippen molar-refractivity contribution in [3.8, 4) is 11.1 Å². The second-order valence-electron chi connectivity index (χ2n) is 8.30. The molecule has 1 aliphatic heterocycles. The van der Waals surface area contributed by atoms with Crippen molar-refractivity contribution < 1.29 is 9.47 Å². The van der Waals surface area contributed by atoms with Gasteiger partial charge in [-0.25, -0.2) is 4.98 Å². The highest BCUT2D eigenvalue weighted by Gasteiger charge is 2.39. The number of methoxy groups -OCH3 is 1. The maximum atomic E-state index is 6.17. The number of fused-ring (bicyclic) bond motifs is 1. The van der Waals surface area contributed by atoms with Gasteiger partial charge >= 0.3 is 0 Å². The van der Waals surface area contributed by atoms with Crippen molar-refractivity contribution in [2.45, 2.75) is 37.3 Å². The van der Waals surface area contributed by atoms with Gasteiger partial charge in [0.25, 0.3) is 0 Å². The fourth-order valence-corrected chi connectivity index (χ4v) is 5.04. The first-order chi connectivity index (χ1) is 14.2. The summed E-state index contributed by atoms with van der Waals surface area (Å²) in [7, 11) is 3.78. The molecular weight excluding hydrogens is 366 g/mol. The van der Waals surface area contributed by atoms with Crippen molar-refractivity contribution in [1.82, 2.24) is 24.6 Å². The van der Waals surface area contributed by atoms with Crippen LogP contribution in [0.15, 0.2) is 30.9 Å². The fraction of sp³-hybridized carbons (Fsp3) is 0.545. The summed E-state index contributed by atoms with van der Waals surface area (Å²) in [5, 5.41) is 5.45. The number of hydrogen-bond donors (Lipinski definition) is 1. The molecule has 1 N–H and O–H groups in total. The lowest BCUT2D eigenvalue weighted by Crippen LogP contribution is -2.47. The van der Waals surface area contributed by atoms with Crippen LogP contribution in [0.3, 0.4) is 0 Å². The summed E-state index contributed by atoms with van der Waals surface area (Å²) in [6.07, 6.45) is 12.3. The zero-order valence-electron chi connectivity index (χ0n) is 17.2. The molecule has 0 bridgehead atoms. The molecular formula is C22H29N5O2. The van der Waals surface area contributed by atoms with Gasteiger partial charge in [0.1, 0.15) is 5.65 Å². The predicted octanol–water partition coefficient (Wildman–Crippen LogP) is 3.08. The summed E-state index contributed by atoms with van der Waals surface area (Å²) in [6.45, 7) is 3.82. The Morgan fingerprint density at radius 1 is 1.21 bits per heavy atom. The lowest BCUT2D eigenvalue weighted by Gasteiger charge is -2.44. The highest BCUT2D eigenvalue weighted by molar-refractivity contribution is 5.93. The van der Waals surface area contributed by atoms with Crippen LogP contribution in [0, 0.1) is 0 Å². The molecule has 7 heteroatoms. The predicted molar refractivity (Wildman–Crippen MR) is 112 cm³/mol. The van der Waals surface area contributed by atoms with Crippen LogP contribution >= 0.6 is 0 Å². The van der Waals surface area contributed by atoms with Gasteiger partial charge in [-0.05, 0) is 31.7 Å². The molecule has 0 aromatic carbocycles. The number of rotatable bonds is 4. The van der Waals surface area contributed by atoms with Crippen molar-refractivity contribution in [2.24, 2.45) is 7.05 Å². The Labute approximate surface area is 171 Å². The van der Waals surface area contributed by atoms with Crippen LogP contribution < -0.4 is 0 Å². The third-order valence-corrected chi connectivity index (χ3v) is 6.79. The maximum Gasteiger partial charge on any atom is 0.137 e. The number of hydrogen-bond acceptors (Lipinski definition) is 5. The Morgan fingerprint density at radius 3 is 2.69 bits per heavy atom. The normalized spacial score (nSPS) is 26.2. The molecule has 2 aliphatic rings. The van der Waals surface area contributed by atoms with E-state index in [1.165, 1.54) is 5.56 Å². The molecule has 3 aromatic heterocycles. The summed E-state index contributed by atoms with van der Waals surface area (Å²) in [5.41, 5.74) is 4.06. The van der Waals surface area contributed by atoms with Crippen LogP contribution in [0.2, 0.25) is 0 Å². The second-order valence-corrected chi connectivity index (χ2v) is 8.30. The summed E-state index contributed by atoms with van der Waals surface area (Å²) in [4.78, 5) is 10.6. The van der Waals surface area contributed by atoms with E-state index >= 15 is 0 Å². The van der Waals surface area contributed by atoms with Gasteiger partial charge < -0.3 is 14.5 Å². The first-order valence-corrected chi connectivity index (χ1v) is 10.5. The summed E-state index contributed by atoms with van der Waals surface area (Å²) >= 11 is 0. The molecule has 1 saturated heterocycles. The average molecular weight is 396 g/mol. The molecule has 29 heavy (non-hydrogen) atoms. The maximum absolute atomic E-state index is 6.17. The van der Waals surface area contributed by atoms with Crippen LogP contribution in [-0.2, 0) is 22.1 Å². The Morgan fingerprint density at radius 2 is 2.00 bits per heavy atom. The van der Waals surface area contributed by atoms with E-state index < -0.39 is 0 Å². The minimum atomic E-state index is -0.256. The van der Waals surface area contributed by atoms with Gasteiger partial charge in [0, 0.05) is 74.0 Å². The minimum Gasteiger partial charge on any atom is -0.379 e. The first kappa shape index (κ1) is 18.8. The molecule has 0 spiro atoms. The van der Waals surface area contributed by atoms with Gasteiger partial charge in [-0.3, -0.25) is 9.58 Å². The van der Waals surface area contributed by atoms with E-state index in [9.17, 15) is 0 Å². The minimum absolute atomic E-state index is 0.256. The number of aromatic nitrogens is 4. The van der Waals surface area contributed by atoms with Crippen molar-refractivity contribution in [1.29, 1.82) is 0 Å². The Hall–Kier alpha value is -2.22. The van der Waals surface area contributed by atoms with Gasteiger partial charge in [-0.1, -0.05) is 0 Å². The first-order valence-electron chi connectivity index (χ1n) is 10.5. The van der Waals surface area contributed by atoms with Crippen molar-refractivity contribution in [3.05, 3.63) is 36.4 Å². The SMILES string of the molecule is CO[C@]1(c2cnc3[nH]cc(-c4cnn(C)c4)c3c2)CC[C@H](N2CCOCC2)CC1. The van der Waals surface area contributed by atoms with Gasteiger partial charge in [-0.15, -0.1) is 0 Å². The van der Waals surface area contributed by atoms with E-state index in [0.717, 1.165) is 74.1 Å². The zero-order chi connectivity index (χ0) is 19.8. The number of pyridine rings is 1. The number of ether oxygens (including phenoxy) is 2. The molecule has 0 amide bonds. The van der Waals surface area contributed by atoms with Crippen molar-refractivity contribution >= 4 is 11.0 Å². The van der Waals surface area contributed by atoms with Gasteiger partial charge in [-0.2, -0.15) is 5.10 Å². The van der Waals surface area contributed by atoms with E-state index in [1.54, 1.807) is 0 Å². The highest BCUT2D eigenvalue weighted by Crippen LogP contribution is 2.42. The smallest absolute Gasteiger partial charge is 0.137 e. The molecule has 0 atom stereocenters. The number of nitrogens with one attached hydrogen (secondary N) is 1. The van der Waals surface area contributed by atoms with Crippen LogP contribution in [0.4, 0.5) is 0 Å². The molecule has 3 aromatic rings. The molecule has 1 aliphatic carbocycles. The van der Waals surface area contributed by atoms with Gasteiger partial charge in [0.2, 0.25) is 0 Å². The molecule has 5 rings (SSSR count). The quantitative estimate of drug-likeness (QED) is 0.735. The number of morpholine rings is 1. The van der Waals surface area contributed by atoms with Crippen molar-refractivity contribution in [3.63, 3.8) is 0 Å². The van der Waals surface area contributed by atoms with E-state index in [0.29, 0.717) is 6.04 Å². The number of aromatic amines is 1. The summed E-state index contributed by atoms with van der Waals surface area (Å²) < 4.78 is 13.5. The van der Waals surface area contributed by atoms with Crippen molar-refractivity contribution in [2.75, 3.05) is 33.4 Å². The molecule has 1 saturated carbocycles. The van der Waals surface area contributed by atoms with E-state index in [1.807, 2.05) is 43.6 Å². The average Bonchev–Trinajstić information content (AvgIpc) is 3.40. The zero-order valence-corrected chi connectivity index (χ0v) is 17.2. The summed E-state index contributed by atoms with van der Waals surface area (Å²) in [5.74, 6) is 0. The lowest BCUT2D eigenvalue weighted by molar-refractivity contribution is -0.0709. The van der Waals surface area contributed by atoms with Crippen LogP contribution in [0.5, 0.6) is 0 Å². The molecule has 4 heterocycles. The standard InChI is InChI=1S/C22H29N5O2/c1-26-15-16(12-25-26)20-14-24-21-19(20)11-17(13-23-21)22(28-2)5-3-18(4-6-22)27-7-9-29-10-8-27/h11-15,18H,3-10H2,1-2H3,(H,23,24)/t18-,22+. The third kappa shape index (κ3) is 3.37. The highest BCUT2D eigenvalue weighted by atomic mass is 16.5. The monoisotopic (exact) mass is 395 g/mol. The lowest BCUT2D eigenvalue weighted by atomic mass is 9.77. The van der Waals surface area contributed by atoms with Gasteiger partial charge in [0.15, 0.2) is 0 Å². The largest absolute Gasteiger partial charge is 0.379 e. The summed E-state index contributed by atoms with van der Waals surface area (Å²) in [6, 6.07) is 2.90. The van der Waals surface area contributed by atoms with Gasteiger partial charge in [0.05, 0.1) is 25.0 Å². The second kappa shape index (κ2) is 7.55. The Balaban J connectivity index is 1.43. The molecule has 0 radical (unpaired) electrons. The number of H-pyrrole nitrogens is 1. The Kier molecular flexibility index (Phi) is 4.89. The number of aryl methyl sites for hydroxylation is 1. The van der Waals surface area contributed by atoms with Crippen LogP contribution in [-0.4, -0.2) is 64.1 Å².